The van der Waals surface area contributed by atoms with Gasteiger partial charge in [-0.05, 0) is 20.8 Å². The third-order valence-electron chi connectivity index (χ3n) is 3.83. The van der Waals surface area contributed by atoms with Gasteiger partial charge in [0, 0.05) is 26.2 Å². The Labute approximate surface area is 118 Å². The number of urea groups is 1. The average molecular weight is 285 g/mol. The summed E-state index contributed by atoms with van der Waals surface area (Å²) in [6.07, 6.45) is -0.885. The maximum atomic E-state index is 12.3. The van der Waals surface area contributed by atoms with Gasteiger partial charge in [-0.25, -0.2) is 4.79 Å². The van der Waals surface area contributed by atoms with Gasteiger partial charge in [0.25, 0.3) is 0 Å². The average Bonchev–Trinajstić information content (AvgIpc) is 2.65. The Kier molecular flexibility index (Phi) is 4.19. The molecule has 2 aliphatic heterocycles. The van der Waals surface area contributed by atoms with E-state index >= 15 is 0 Å². The molecule has 7 nitrogen and oxygen atoms in total. The standard InChI is InChI=1S/C13H23N3O4/c1-4-20-11(18)13(2,3)8-16-10(17)9-7-14-5-6-15(9)12(16)19/h9-10,14,17H,4-8H2,1-3H3/t9-,10?/m0/s1. The van der Waals surface area contributed by atoms with E-state index in [1.165, 1.54) is 4.90 Å². The molecule has 2 amide bonds. The summed E-state index contributed by atoms with van der Waals surface area (Å²) in [6, 6.07) is -0.449. The molecule has 2 rings (SSSR count). The normalized spacial score (nSPS) is 26.7. The van der Waals surface area contributed by atoms with Crippen molar-refractivity contribution >= 4 is 12.0 Å². The molecule has 114 valence electrons. The molecule has 20 heavy (non-hydrogen) atoms. The molecule has 2 N–H and O–H groups in total. The van der Waals surface area contributed by atoms with E-state index in [2.05, 4.69) is 5.32 Å². The Bertz CT molecular complexity index is 399. The molecular formula is C13H23N3O4. The van der Waals surface area contributed by atoms with E-state index in [4.69, 9.17) is 4.74 Å². The fourth-order valence-corrected chi connectivity index (χ4v) is 2.69. The van der Waals surface area contributed by atoms with E-state index in [9.17, 15) is 14.7 Å². The van der Waals surface area contributed by atoms with Gasteiger partial charge in [-0.1, -0.05) is 0 Å². The van der Waals surface area contributed by atoms with Gasteiger partial charge >= 0.3 is 12.0 Å². The number of nitrogens with zero attached hydrogens (tertiary/aromatic N) is 2. The summed E-state index contributed by atoms with van der Waals surface area (Å²) in [5.74, 6) is -0.358. The number of nitrogens with one attached hydrogen (secondary N) is 1. The van der Waals surface area contributed by atoms with Crippen LogP contribution >= 0.6 is 0 Å². The fourth-order valence-electron chi connectivity index (χ4n) is 2.69. The van der Waals surface area contributed by atoms with E-state index in [-0.39, 0.29) is 24.6 Å². The smallest absolute Gasteiger partial charge is 0.322 e. The number of aliphatic hydroxyl groups excluding tert-OH is 1. The highest BCUT2D eigenvalue weighted by Gasteiger charge is 2.48. The number of hydrogen-bond donors (Lipinski definition) is 2. The number of ether oxygens (including phenoxy) is 1. The number of hydrogen-bond acceptors (Lipinski definition) is 5. The van der Waals surface area contributed by atoms with Crippen LogP contribution in [0, 0.1) is 5.41 Å². The molecule has 2 heterocycles. The maximum Gasteiger partial charge on any atom is 0.322 e. The Morgan fingerprint density at radius 2 is 2.25 bits per heavy atom. The van der Waals surface area contributed by atoms with Gasteiger partial charge < -0.3 is 20.1 Å². The SMILES string of the molecule is CCOC(=O)C(C)(C)CN1C(=O)N2CCNC[C@H]2C1O. The first-order valence-electron chi connectivity index (χ1n) is 7.01. The van der Waals surface area contributed by atoms with E-state index < -0.39 is 11.6 Å². The van der Waals surface area contributed by atoms with Crippen LogP contribution in [0.3, 0.4) is 0 Å². The van der Waals surface area contributed by atoms with Crippen molar-refractivity contribution in [3.63, 3.8) is 0 Å². The Morgan fingerprint density at radius 3 is 2.85 bits per heavy atom. The van der Waals surface area contributed by atoms with Crippen LogP contribution in [0.2, 0.25) is 0 Å². The summed E-state index contributed by atoms with van der Waals surface area (Å²) >= 11 is 0. The summed E-state index contributed by atoms with van der Waals surface area (Å²) in [6.45, 7) is 7.53. The molecule has 1 unspecified atom stereocenters. The van der Waals surface area contributed by atoms with Crippen LogP contribution in [0.15, 0.2) is 0 Å². The Morgan fingerprint density at radius 1 is 1.55 bits per heavy atom. The number of rotatable bonds is 4. The van der Waals surface area contributed by atoms with Crippen molar-refractivity contribution in [2.75, 3.05) is 32.8 Å². The molecule has 0 aliphatic carbocycles. The van der Waals surface area contributed by atoms with Crippen LogP contribution in [0.25, 0.3) is 0 Å². The molecule has 0 radical (unpaired) electrons. The number of carbonyl (C=O) groups is 2. The second-order valence-electron chi connectivity index (χ2n) is 5.89. The predicted molar refractivity (Wildman–Crippen MR) is 71.9 cm³/mol. The summed E-state index contributed by atoms with van der Waals surface area (Å²) in [4.78, 5) is 27.3. The zero-order chi connectivity index (χ0) is 14.9. The molecule has 2 fully saturated rings. The van der Waals surface area contributed by atoms with Crippen molar-refractivity contribution in [1.29, 1.82) is 0 Å². The van der Waals surface area contributed by atoms with Gasteiger partial charge in [-0.3, -0.25) is 9.69 Å². The van der Waals surface area contributed by atoms with Gasteiger partial charge in [0.2, 0.25) is 0 Å². The second kappa shape index (κ2) is 5.57. The highest BCUT2D eigenvalue weighted by molar-refractivity contribution is 5.80. The van der Waals surface area contributed by atoms with Gasteiger partial charge in [0.1, 0.15) is 0 Å². The molecule has 0 aromatic rings. The van der Waals surface area contributed by atoms with Gasteiger partial charge in [0.05, 0.1) is 18.1 Å². The lowest BCUT2D eigenvalue weighted by Crippen LogP contribution is -2.52. The maximum absolute atomic E-state index is 12.3. The molecule has 7 heteroatoms. The monoisotopic (exact) mass is 285 g/mol. The predicted octanol–water partition coefficient (Wildman–Crippen LogP) is -0.396. The second-order valence-corrected chi connectivity index (χ2v) is 5.89. The van der Waals surface area contributed by atoms with Crippen molar-refractivity contribution < 1.29 is 19.4 Å². The number of aliphatic hydroxyl groups is 1. The minimum absolute atomic E-state index is 0.152. The highest BCUT2D eigenvalue weighted by atomic mass is 16.5. The summed E-state index contributed by atoms with van der Waals surface area (Å²) in [5, 5.41) is 13.5. The van der Waals surface area contributed by atoms with Crippen molar-refractivity contribution in [2.45, 2.75) is 33.0 Å². The molecule has 0 aromatic carbocycles. The van der Waals surface area contributed by atoms with Gasteiger partial charge in [0.15, 0.2) is 6.23 Å². The van der Waals surface area contributed by atoms with E-state index in [0.717, 1.165) is 6.54 Å². The lowest BCUT2D eigenvalue weighted by atomic mass is 9.93. The van der Waals surface area contributed by atoms with Crippen LogP contribution < -0.4 is 5.32 Å². The summed E-state index contributed by atoms with van der Waals surface area (Å²) < 4.78 is 5.02. The first kappa shape index (κ1) is 15.1. The molecule has 0 bridgehead atoms. The van der Waals surface area contributed by atoms with Crippen molar-refractivity contribution in [2.24, 2.45) is 5.41 Å². The van der Waals surface area contributed by atoms with E-state index in [0.29, 0.717) is 19.7 Å². The molecule has 0 saturated carbocycles. The van der Waals surface area contributed by atoms with Crippen LogP contribution in [-0.2, 0) is 9.53 Å². The van der Waals surface area contributed by atoms with Crippen molar-refractivity contribution in [3.05, 3.63) is 0 Å². The lowest BCUT2D eigenvalue weighted by molar-refractivity contribution is -0.154. The fraction of sp³-hybridized carbons (Fsp3) is 0.846. The van der Waals surface area contributed by atoms with Gasteiger partial charge in [-0.15, -0.1) is 0 Å². The highest BCUT2D eigenvalue weighted by Crippen LogP contribution is 2.28. The number of carbonyl (C=O) groups excluding carboxylic acids is 2. The molecular weight excluding hydrogens is 262 g/mol. The van der Waals surface area contributed by atoms with Crippen LogP contribution in [0.5, 0.6) is 0 Å². The first-order chi connectivity index (χ1) is 9.38. The third kappa shape index (κ3) is 2.60. The Hall–Kier alpha value is -1.34. The molecule has 2 saturated heterocycles. The van der Waals surface area contributed by atoms with Crippen molar-refractivity contribution in [1.82, 2.24) is 15.1 Å². The van der Waals surface area contributed by atoms with Crippen LogP contribution in [0.1, 0.15) is 20.8 Å². The number of amides is 2. The van der Waals surface area contributed by atoms with E-state index in [1.54, 1.807) is 25.7 Å². The molecule has 0 aromatic heterocycles. The van der Waals surface area contributed by atoms with Crippen LogP contribution in [0.4, 0.5) is 4.79 Å². The Balaban J connectivity index is 2.09. The molecule has 0 spiro atoms. The zero-order valence-corrected chi connectivity index (χ0v) is 12.3. The minimum atomic E-state index is -0.885. The van der Waals surface area contributed by atoms with E-state index in [1.807, 2.05) is 0 Å². The van der Waals surface area contributed by atoms with Crippen LogP contribution in [-0.4, -0.2) is 72.0 Å². The van der Waals surface area contributed by atoms with Gasteiger partial charge in [-0.2, -0.15) is 0 Å². The first-order valence-corrected chi connectivity index (χ1v) is 7.01. The number of fused-ring (bicyclic) bond motifs is 1. The summed E-state index contributed by atoms with van der Waals surface area (Å²) in [5.41, 5.74) is -0.839. The largest absolute Gasteiger partial charge is 0.466 e. The number of piperazine rings is 1. The minimum Gasteiger partial charge on any atom is -0.466 e. The summed E-state index contributed by atoms with van der Waals surface area (Å²) in [7, 11) is 0. The molecule has 2 atom stereocenters. The third-order valence-corrected chi connectivity index (χ3v) is 3.83. The quantitative estimate of drug-likeness (QED) is 0.687. The van der Waals surface area contributed by atoms with Crippen molar-refractivity contribution in [3.8, 4) is 0 Å². The topological polar surface area (TPSA) is 82.1 Å². The zero-order valence-electron chi connectivity index (χ0n) is 12.3. The molecule has 2 aliphatic rings. The number of esters is 1. The lowest BCUT2D eigenvalue weighted by Gasteiger charge is -2.30.